The van der Waals surface area contributed by atoms with Gasteiger partial charge in [0.1, 0.15) is 5.82 Å². The average molecular weight is 359 g/mol. The third-order valence-corrected chi connectivity index (χ3v) is 4.43. The highest BCUT2D eigenvalue weighted by molar-refractivity contribution is 5.91. The van der Waals surface area contributed by atoms with E-state index in [0.29, 0.717) is 12.2 Å². The molecule has 0 spiro atoms. The van der Waals surface area contributed by atoms with Crippen LogP contribution in [0.5, 0.6) is 0 Å². The summed E-state index contributed by atoms with van der Waals surface area (Å²) in [5.74, 6) is 0.518. The van der Waals surface area contributed by atoms with Gasteiger partial charge in [-0.1, -0.05) is 60.2 Å². The van der Waals surface area contributed by atoms with E-state index in [4.69, 9.17) is 0 Å². The van der Waals surface area contributed by atoms with E-state index in [1.54, 1.807) is 0 Å². The molecule has 138 valence electrons. The molecule has 1 aromatic heterocycles. The molecule has 1 heterocycles. The van der Waals surface area contributed by atoms with Crippen molar-refractivity contribution in [2.75, 3.05) is 16.8 Å². The molecule has 0 radical (unpaired) electrons. The van der Waals surface area contributed by atoms with E-state index in [9.17, 15) is 4.79 Å². The predicted octanol–water partition coefficient (Wildman–Crippen LogP) is 4.60. The fourth-order valence-electron chi connectivity index (χ4n) is 3.03. The topological polar surface area (TPSA) is 45.2 Å². The first-order valence-corrected chi connectivity index (χ1v) is 9.24. The highest BCUT2D eigenvalue weighted by atomic mass is 16.1. The molecule has 4 heteroatoms. The van der Waals surface area contributed by atoms with Crippen molar-refractivity contribution in [1.82, 2.24) is 4.98 Å². The number of rotatable bonds is 7. The zero-order valence-electron chi connectivity index (χ0n) is 15.9. The summed E-state index contributed by atoms with van der Waals surface area (Å²) in [7, 11) is 0. The number of benzene rings is 2. The van der Waals surface area contributed by atoms with Gasteiger partial charge in [-0.25, -0.2) is 4.98 Å². The Morgan fingerprint density at radius 1 is 1.00 bits per heavy atom. The summed E-state index contributed by atoms with van der Waals surface area (Å²) in [4.78, 5) is 18.9. The molecule has 0 fully saturated rings. The fourth-order valence-corrected chi connectivity index (χ4v) is 3.03. The maximum atomic E-state index is 12.2. The molecule has 3 rings (SSSR count). The highest BCUT2D eigenvalue weighted by Crippen LogP contribution is 2.18. The van der Waals surface area contributed by atoms with Crippen LogP contribution in [0.1, 0.15) is 23.6 Å². The fraction of sp³-hybridized carbons (Fsp3) is 0.217. The van der Waals surface area contributed by atoms with Gasteiger partial charge in [-0.05, 0) is 37.1 Å². The number of amides is 1. The number of hydrogen-bond donors (Lipinski definition) is 1. The number of anilines is 2. The van der Waals surface area contributed by atoms with Gasteiger partial charge < -0.3 is 10.2 Å². The van der Waals surface area contributed by atoms with Gasteiger partial charge in [0.05, 0.1) is 18.3 Å². The van der Waals surface area contributed by atoms with Gasteiger partial charge in [0, 0.05) is 13.1 Å². The van der Waals surface area contributed by atoms with E-state index < -0.39 is 0 Å². The largest absolute Gasteiger partial charge is 0.366 e. The van der Waals surface area contributed by atoms with Gasteiger partial charge in [-0.15, -0.1) is 0 Å². The van der Waals surface area contributed by atoms with Crippen molar-refractivity contribution in [3.05, 3.63) is 89.6 Å². The Hall–Kier alpha value is -3.14. The second-order valence-corrected chi connectivity index (χ2v) is 6.62. The number of aryl methyl sites for hydroxylation is 1. The summed E-state index contributed by atoms with van der Waals surface area (Å²) in [6.45, 7) is 5.87. The van der Waals surface area contributed by atoms with Crippen LogP contribution in [-0.2, 0) is 17.8 Å². The number of hydrogen-bond acceptors (Lipinski definition) is 3. The van der Waals surface area contributed by atoms with Crippen LogP contribution in [-0.4, -0.2) is 17.4 Å². The number of carbonyl (C=O) groups is 1. The summed E-state index contributed by atoms with van der Waals surface area (Å²) in [6, 6.07) is 22.2. The standard InChI is InChI=1S/C23H25N3O/c1-3-26(17-19-9-5-4-6-10-19)21-12-13-22(24-16-21)25-23(27)15-20-11-7-8-18(2)14-20/h4-14,16H,3,15,17H2,1-2H3,(H,24,25,27). The van der Waals surface area contributed by atoms with E-state index in [2.05, 4.69) is 34.3 Å². The molecule has 3 aromatic rings. The lowest BCUT2D eigenvalue weighted by Crippen LogP contribution is -2.22. The molecule has 1 N–H and O–H groups in total. The minimum Gasteiger partial charge on any atom is -0.366 e. The van der Waals surface area contributed by atoms with Crippen LogP contribution in [0.25, 0.3) is 0 Å². The van der Waals surface area contributed by atoms with Crippen molar-refractivity contribution in [1.29, 1.82) is 0 Å². The number of pyridine rings is 1. The second-order valence-electron chi connectivity index (χ2n) is 6.62. The molecule has 0 unspecified atom stereocenters. The van der Waals surface area contributed by atoms with Crippen molar-refractivity contribution < 1.29 is 4.79 Å². The molecule has 0 saturated carbocycles. The van der Waals surface area contributed by atoms with E-state index >= 15 is 0 Å². The zero-order chi connectivity index (χ0) is 19.1. The third-order valence-electron chi connectivity index (χ3n) is 4.43. The molecule has 0 atom stereocenters. The smallest absolute Gasteiger partial charge is 0.229 e. The Kier molecular flexibility index (Phi) is 6.21. The van der Waals surface area contributed by atoms with E-state index in [-0.39, 0.29) is 5.91 Å². The molecule has 27 heavy (non-hydrogen) atoms. The van der Waals surface area contributed by atoms with Crippen LogP contribution in [0.3, 0.4) is 0 Å². The van der Waals surface area contributed by atoms with Crippen LogP contribution in [0.2, 0.25) is 0 Å². The van der Waals surface area contributed by atoms with Gasteiger partial charge >= 0.3 is 0 Å². The molecule has 0 saturated heterocycles. The first-order chi connectivity index (χ1) is 13.1. The van der Waals surface area contributed by atoms with Crippen LogP contribution < -0.4 is 10.2 Å². The molecule has 2 aromatic carbocycles. The van der Waals surface area contributed by atoms with E-state index in [0.717, 1.165) is 29.9 Å². The zero-order valence-corrected chi connectivity index (χ0v) is 15.9. The Morgan fingerprint density at radius 2 is 1.78 bits per heavy atom. The van der Waals surface area contributed by atoms with Crippen LogP contribution in [0.15, 0.2) is 72.9 Å². The van der Waals surface area contributed by atoms with Crippen molar-refractivity contribution in [3.63, 3.8) is 0 Å². The molecule has 1 amide bonds. The van der Waals surface area contributed by atoms with E-state index in [1.165, 1.54) is 5.56 Å². The molecule has 0 aliphatic carbocycles. The van der Waals surface area contributed by atoms with Crippen LogP contribution in [0.4, 0.5) is 11.5 Å². The predicted molar refractivity (Wildman–Crippen MR) is 111 cm³/mol. The SMILES string of the molecule is CCN(Cc1ccccc1)c1ccc(NC(=O)Cc2cccc(C)c2)nc1. The summed E-state index contributed by atoms with van der Waals surface area (Å²) in [5.41, 5.74) is 4.46. The Morgan fingerprint density at radius 3 is 2.44 bits per heavy atom. The van der Waals surface area contributed by atoms with Crippen molar-refractivity contribution >= 4 is 17.4 Å². The van der Waals surface area contributed by atoms with Crippen molar-refractivity contribution in [2.45, 2.75) is 26.8 Å². The number of aromatic nitrogens is 1. The van der Waals surface area contributed by atoms with Crippen molar-refractivity contribution in [2.24, 2.45) is 0 Å². The lowest BCUT2D eigenvalue weighted by Gasteiger charge is -2.23. The monoisotopic (exact) mass is 359 g/mol. The molecule has 0 aliphatic heterocycles. The second kappa shape index (κ2) is 8.99. The summed E-state index contributed by atoms with van der Waals surface area (Å²) in [5, 5.41) is 2.88. The first kappa shape index (κ1) is 18.6. The number of carbonyl (C=O) groups excluding carboxylic acids is 1. The van der Waals surface area contributed by atoms with Crippen LogP contribution in [0, 0.1) is 6.92 Å². The minimum atomic E-state index is -0.0579. The number of nitrogens with zero attached hydrogens (tertiary/aromatic N) is 2. The first-order valence-electron chi connectivity index (χ1n) is 9.24. The Bertz CT molecular complexity index is 876. The van der Waals surface area contributed by atoms with Gasteiger partial charge in [0.25, 0.3) is 0 Å². The quantitative estimate of drug-likeness (QED) is 0.671. The maximum Gasteiger partial charge on any atom is 0.229 e. The van der Waals surface area contributed by atoms with Crippen molar-refractivity contribution in [3.8, 4) is 0 Å². The van der Waals surface area contributed by atoms with Gasteiger partial charge in [0.15, 0.2) is 0 Å². The number of nitrogens with one attached hydrogen (secondary N) is 1. The Labute approximate surface area is 160 Å². The Balaban J connectivity index is 1.61. The van der Waals surface area contributed by atoms with Gasteiger partial charge in [0.2, 0.25) is 5.91 Å². The molecule has 0 aliphatic rings. The molecular formula is C23H25N3O. The molecule has 0 bridgehead atoms. The summed E-state index contributed by atoms with van der Waals surface area (Å²) < 4.78 is 0. The third kappa shape index (κ3) is 5.42. The summed E-state index contributed by atoms with van der Waals surface area (Å²) >= 11 is 0. The lowest BCUT2D eigenvalue weighted by molar-refractivity contribution is -0.115. The summed E-state index contributed by atoms with van der Waals surface area (Å²) in [6.07, 6.45) is 2.16. The van der Waals surface area contributed by atoms with Gasteiger partial charge in [-0.3, -0.25) is 4.79 Å². The van der Waals surface area contributed by atoms with Gasteiger partial charge in [-0.2, -0.15) is 0 Å². The highest BCUT2D eigenvalue weighted by Gasteiger charge is 2.08. The molecular weight excluding hydrogens is 334 g/mol. The maximum absolute atomic E-state index is 12.2. The van der Waals surface area contributed by atoms with Crippen LogP contribution >= 0.6 is 0 Å². The van der Waals surface area contributed by atoms with E-state index in [1.807, 2.05) is 67.7 Å². The minimum absolute atomic E-state index is 0.0579. The lowest BCUT2D eigenvalue weighted by atomic mass is 10.1. The average Bonchev–Trinajstić information content (AvgIpc) is 2.67. The molecule has 4 nitrogen and oxygen atoms in total. The normalized spacial score (nSPS) is 10.4.